The van der Waals surface area contributed by atoms with Crippen LogP contribution in [0.3, 0.4) is 0 Å². The van der Waals surface area contributed by atoms with Crippen molar-refractivity contribution in [2.24, 2.45) is 5.92 Å². The molecule has 1 atom stereocenters. The van der Waals surface area contributed by atoms with Crippen LogP contribution in [-0.4, -0.2) is 11.8 Å². The van der Waals surface area contributed by atoms with Gasteiger partial charge in [-0.05, 0) is 90.3 Å². The number of rotatable bonds is 6. The number of hydrogen-bond acceptors (Lipinski definition) is 5. The van der Waals surface area contributed by atoms with Gasteiger partial charge in [-0.1, -0.05) is 42.5 Å². The molecule has 1 N–H and O–H groups in total. The molecule has 1 aliphatic carbocycles. The number of fused-ring (bicyclic) bond motifs is 1. The third-order valence-electron chi connectivity index (χ3n) is 6.89. The van der Waals surface area contributed by atoms with Crippen molar-refractivity contribution in [2.75, 3.05) is 0 Å². The van der Waals surface area contributed by atoms with Crippen LogP contribution >= 0.6 is 27.3 Å². The molecule has 1 unspecified atom stereocenters. The normalized spacial score (nSPS) is 18.6. The van der Waals surface area contributed by atoms with Crippen molar-refractivity contribution in [3.8, 4) is 0 Å². The number of allylic oxidation sites excluding steroid dienone is 3. The molecule has 180 valence electrons. The molecule has 2 heterocycles. The highest BCUT2D eigenvalue weighted by atomic mass is 79.9. The molecule has 2 aromatic carbocycles. The summed E-state index contributed by atoms with van der Waals surface area (Å²) in [5, 5.41) is 6.58. The van der Waals surface area contributed by atoms with E-state index < -0.39 is 11.5 Å². The summed E-state index contributed by atoms with van der Waals surface area (Å²) in [5.41, 5.74) is 3.98. The molecule has 4 nitrogen and oxygen atoms in total. The fourth-order valence-corrected chi connectivity index (χ4v) is 6.65. The highest BCUT2D eigenvalue weighted by Crippen LogP contribution is 2.49. The van der Waals surface area contributed by atoms with E-state index in [9.17, 15) is 9.59 Å². The topological polar surface area (TPSA) is 55.4 Å². The van der Waals surface area contributed by atoms with Gasteiger partial charge >= 0.3 is 5.97 Å². The zero-order chi connectivity index (χ0) is 24.9. The lowest BCUT2D eigenvalue weighted by molar-refractivity contribution is -0.152. The van der Waals surface area contributed by atoms with Crippen molar-refractivity contribution >= 4 is 49.1 Å². The third-order valence-corrected chi connectivity index (χ3v) is 8.86. The summed E-state index contributed by atoms with van der Waals surface area (Å²) in [5.74, 6) is -0.623. The van der Waals surface area contributed by atoms with Gasteiger partial charge in [0, 0.05) is 32.1 Å². The first-order valence-electron chi connectivity index (χ1n) is 11.9. The number of thiophene rings is 1. The van der Waals surface area contributed by atoms with Crippen molar-refractivity contribution in [1.82, 2.24) is 5.32 Å². The van der Waals surface area contributed by atoms with Crippen LogP contribution in [0.25, 0.3) is 10.1 Å². The van der Waals surface area contributed by atoms with Gasteiger partial charge in [0.05, 0.1) is 5.57 Å². The maximum absolute atomic E-state index is 14.1. The molecule has 3 aromatic rings. The number of hydrogen-bond donors (Lipinski definition) is 1. The first-order valence-corrected chi connectivity index (χ1v) is 13.5. The van der Waals surface area contributed by atoms with Crippen LogP contribution in [0.15, 0.2) is 80.9 Å². The molecule has 0 bridgehead atoms. The number of nitrogens with one attached hydrogen (secondary N) is 1. The standard InChI is InChI=1S/C29H28BrNO3S/c1-16-23(17(2)32)24(21-15-35-27-20(21)11-8-12-22(27)30)25(26(31-16)18-13-14-18)28(33)34-29(3,4)19-9-6-5-7-10-19/h5-12,15,18,24,31H,13-14H2,1-4H3. The molecule has 1 saturated carbocycles. The number of benzene rings is 2. The minimum absolute atomic E-state index is 0.0446. The minimum atomic E-state index is -0.823. The fraction of sp³-hybridized carbons (Fsp3) is 0.310. The second-order valence-electron chi connectivity index (χ2n) is 9.83. The number of esters is 1. The first-order chi connectivity index (χ1) is 16.7. The van der Waals surface area contributed by atoms with Gasteiger partial charge in [-0.15, -0.1) is 11.3 Å². The third kappa shape index (κ3) is 4.38. The molecule has 35 heavy (non-hydrogen) atoms. The van der Waals surface area contributed by atoms with Gasteiger partial charge < -0.3 is 10.1 Å². The van der Waals surface area contributed by atoms with E-state index >= 15 is 0 Å². The van der Waals surface area contributed by atoms with Gasteiger partial charge in [-0.2, -0.15) is 0 Å². The molecule has 6 heteroatoms. The van der Waals surface area contributed by atoms with Crippen LogP contribution in [-0.2, 0) is 19.9 Å². The molecular formula is C29H28BrNO3S. The Hall–Kier alpha value is -2.70. The van der Waals surface area contributed by atoms with E-state index in [4.69, 9.17) is 4.74 Å². The van der Waals surface area contributed by atoms with E-state index in [1.807, 2.05) is 63.2 Å². The van der Waals surface area contributed by atoms with Crippen LogP contribution in [0.4, 0.5) is 0 Å². The van der Waals surface area contributed by atoms with Crippen molar-refractivity contribution in [1.29, 1.82) is 0 Å². The number of carbonyl (C=O) groups excluding carboxylic acids is 2. The molecular weight excluding hydrogens is 522 g/mol. The van der Waals surface area contributed by atoms with Crippen LogP contribution in [0.5, 0.6) is 0 Å². The largest absolute Gasteiger partial charge is 0.451 e. The Bertz CT molecular complexity index is 1400. The summed E-state index contributed by atoms with van der Waals surface area (Å²) in [6.07, 6.45) is 2.04. The molecule has 0 amide bonds. The van der Waals surface area contributed by atoms with Crippen molar-refractivity contribution in [3.05, 3.63) is 92.1 Å². The van der Waals surface area contributed by atoms with Gasteiger partial charge in [0.2, 0.25) is 0 Å². The first kappa shape index (κ1) is 24.0. The van der Waals surface area contributed by atoms with Gasteiger partial charge in [-0.3, -0.25) is 4.79 Å². The van der Waals surface area contributed by atoms with Crippen LogP contribution < -0.4 is 5.32 Å². The van der Waals surface area contributed by atoms with Gasteiger partial charge in [-0.25, -0.2) is 4.79 Å². The summed E-state index contributed by atoms with van der Waals surface area (Å²) in [6.45, 7) is 7.34. The Kier molecular flexibility index (Phi) is 6.22. The number of carbonyl (C=O) groups is 2. The summed E-state index contributed by atoms with van der Waals surface area (Å²) >= 11 is 5.28. The second-order valence-corrected chi connectivity index (χ2v) is 11.6. The van der Waals surface area contributed by atoms with Gasteiger partial charge in [0.25, 0.3) is 0 Å². The predicted octanol–water partition coefficient (Wildman–Crippen LogP) is 7.36. The van der Waals surface area contributed by atoms with E-state index in [1.54, 1.807) is 18.3 Å². The molecule has 1 fully saturated rings. The Morgan fingerprint density at radius 2 is 1.77 bits per heavy atom. The zero-order valence-electron chi connectivity index (χ0n) is 20.3. The number of halogens is 1. The Labute approximate surface area is 218 Å². The van der Waals surface area contributed by atoms with Crippen molar-refractivity contribution in [3.63, 3.8) is 0 Å². The van der Waals surface area contributed by atoms with E-state index in [1.165, 1.54) is 0 Å². The predicted molar refractivity (Wildman–Crippen MR) is 144 cm³/mol. The van der Waals surface area contributed by atoms with E-state index in [2.05, 4.69) is 32.7 Å². The highest BCUT2D eigenvalue weighted by molar-refractivity contribution is 9.10. The average molecular weight is 551 g/mol. The summed E-state index contributed by atoms with van der Waals surface area (Å²) < 4.78 is 8.33. The number of Topliss-reactive ketones (excluding diaryl/α,β-unsaturated/α-hetero) is 1. The van der Waals surface area contributed by atoms with Crippen molar-refractivity contribution in [2.45, 2.75) is 52.1 Å². The fourth-order valence-electron chi connectivity index (χ4n) is 5.00. The summed E-state index contributed by atoms with van der Waals surface area (Å²) in [4.78, 5) is 27.1. The molecule has 1 aliphatic heterocycles. The zero-order valence-corrected chi connectivity index (χ0v) is 22.7. The molecule has 0 spiro atoms. The average Bonchev–Trinajstić information content (AvgIpc) is 3.57. The lowest BCUT2D eigenvalue weighted by Crippen LogP contribution is -2.35. The molecule has 1 aromatic heterocycles. The maximum atomic E-state index is 14.1. The number of ketones is 1. The Balaban J connectivity index is 1.67. The minimum Gasteiger partial charge on any atom is -0.451 e. The lowest BCUT2D eigenvalue weighted by Gasteiger charge is -2.34. The number of ether oxygens (including phenoxy) is 1. The van der Waals surface area contributed by atoms with Gasteiger partial charge in [0.1, 0.15) is 5.60 Å². The lowest BCUT2D eigenvalue weighted by atomic mass is 9.78. The Morgan fingerprint density at radius 3 is 2.43 bits per heavy atom. The molecule has 0 saturated heterocycles. The SMILES string of the molecule is CC(=O)C1=C(C)NC(C2CC2)=C(C(=O)OC(C)(C)c2ccccc2)C1c1csc2c(Br)cccc12. The van der Waals surface area contributed by atoms with Gasteiger partial charge in [0.15, 0.2) is 5.78 Å². The van der Waals surface area contributed by atoms with E-state index in [-0.39, 0.29) is 17.7 Å². The number of dihydropyridines is 1. The molecule has 0 radical (unpaired) electrons. The summed E-state index contributed by atoms with van der Waals surface area (Å²) in [7, 11) is 0. The smallest absolute Gasteiger partial charge is 0.337 e. The van der Waals surface area contributed by atoms with E-state index in [0.717, 1.165) is 49.9 Å². The van der Waals surface area contributed by atoms with E-state index in [0.29, 0.717) is 11.1 Å². The van der Waals surface area contributed by atoms with Crippen LogP contribution in [0.2, 0.25) is 0 Å². The van der Waals surface area contributed by atoms with Crippen molar-refractivity contribution < 1.29 is 14.3 Å². The van der Waals surface area contributed by atoms with Crippen LogP contribution in [0.1, 0.15) is 57.6 Å². The quantitative estimate of drug-likeness (QED) is 0.326. The monoisotopic (exact) mass is 549 g/mol. The molecule has 2 aliphatic rings. The highest BCUT2D eigenvalue weighted by Gasteiger charge is 2.43. The molecule has 5 rings (SSSR count). The summed E-state index contributed by atoms with van der Waals surface area (Å²) in [6, 6.07) is 15.8. The maximum Gasteiger partial charge on any atom is 0.337 e. The van der Waals surface area contributed by atoms with Crippen LogP contribution in [0, 0.1) is 5.92 Å². The second kappa shape index (κ2) is 9.07. The Morgan fingerprint density at radius 1 is 1.06 bits per heavy atom.